The van der Waals surface area contributed by atoms with E-state index in [1.165, 1.54) is 13.4 Å². The predicted octanol–water partition coefficient (Wildman–Crippen LogP) is -2.09. The molecular formula is C17H24O10. The molecule has 1 fully saturated rings. The zero-order valence-corrected chi connectivity index (χ0v) is 14.9. The Labute approximate surface area is 155 Å². The summed E-state index contributed by atoms with van der Waals surface area (Å²) >= 11 is 0. The number of ether oxygens (including phenoxy) is 4. The number of hydrogen-bond acceptors (Lipinski definition) is 10. The lowest BCUT2D eigenvalue weighted by Crippen LogP contribution is -2.60. The molecule has 2 heterocycles. The Morgan fingerprint density at radius 3 is 2.56 bits per heavy atom. The largest absolute Gasteiger partial charge is 0.468 e. The zero-order valence-electron chi connectivity index (χ0n) is 14.9. The van der Waals surface area contributed by atoms with Crippen molar-refractivity contribution in [1.29, 1.82) is 0 Å². The highest BCUT2D eigenvalue weighted by molar-refractivity contribution is 5.90. The van der Waals surface area contributed by atoms with Crippen molar-refractivity contribution in [3.8, 4) is 0 Å². The van der Waals surface area contributed by atoms with E-state index in [0.29, 0.717) is 11.1 Å². The molecule has 27 heavy (non-hydrogen) atoms. The van der Waals surface area contributed by atoms with E-state index < -0.39 is 61.6 Å². The van der Waals surface area contributed by atoms with Crippen LogP contribution in [0.2, 0.25) is 0 Å². The van der Waals surface area contributed by atoms with E-state index in [2.05, 4.69) is 0 Å². The lowest BCUT2D eigenvalue weighted by atomic mass is 9.90. The van der Waals surface area contributed by atoms with E-state index in [1.54, 1.807) is 6.92 Å². The standard InChI is InChI=1S/C17H24O10/c1-6-9(19)3-7-8(15(23)24-2)5-25-16(11(6)7)27-17-14(22)13(21)12(20)10(4-18)26-17/h5,7,9-10,12-14,16-22H,3-4H2,1-2H3/t7-,9+,10+,12+,13-,14+,16+,17-/m1/s1. The third-order valence-electron chi connectivity index (χ3n) is 5.26. The SMILES string of the molecule is COC(=O)C1=CO[C@@H](O[C@H]2O[C@@H](CO)[C@H](O)[C@@H](O)[C@@H]2O)C2=C(C)[C@@H](O)C[C@H]12. The minimum absolute atomic E-state index is 0.233. The van der Waals surface area contributed by atoms with E-state index in [-0.39, 0.29) is 12.0 Å². The second-order valence-corrected chi connectivity index (χ2v) is 6.81. The van der Waals surface area contributed by atoms with E-state index in [1.807, 2.05) is 0 Å². The smallest absolute Gasteiger partial charge is 0.337 e. The number of hydrogen-bond donors (Lipinski definition) is 5. The Hall–Kier alpha value is -1.53. The van der Waals surface area contributed by atoms with E-state index in [9.17, 15) is 30.3 Å². The lowest BCUT2D eigenvalue weighted by Gasteiger charge is -2.41. The van der Waals surface area contributed by atoms with Gasteiger partial charge in [-0.05, 0) is 18.9 Å². The molecule has 1 saturated heterocycles. The molecular weight excluding hydrogens is 364 g/mol. The van der Waals surface area contributed by atoms with Crippen molar-refractivity contribution in [2.75, 3.05) is 13.7 Å². The van der Waals surface area contributed by atoms with Gasteiger partial charge in [0, 0.05) is 11.5 Å². The summed E-state index contributed by atoms with van der Waals surface area (Å²) in [7, 11) is 1.24. The summed E-state index contributed by atoms with van der Waals surface area (Å²) in [5.74, 6) is -1.08. The number of esters is 1. The van der Waals surface area contributed by atoms with Crippen LogP contribution in [0.3, 0.4) is 0 Å². The molecule has 0 radical (unpaired) electrons. The maximum Gasteiger partial charge on any atom is 0.337 e. The summed E-state index contributed by atoms with van der Waals surface area (Å²) in [6, 6.07) is 0. The highest BCUT2D eigenvalue weighted by Crippen LogP contribution is 2.43. The molecule has 3 aliphatic rings. The van der Waals surface area contributed by atoms with Crippen molar-refractivity contribution in [3.63, 3.8) is 0 Å². The quantitative estimate of drug-likeness (QED) is 0.267. The lowest BCUT2D eigenvalue weighted by molar-refractivity contribution is -0.327. The van der Waals surface area contributed by atoms with Gasteiger partial charge in [-0.1, -0.05) is 0 Å². The summed E-state index contributed by atoms with van der Waals surface area (Å²) in [6.45, 7) is 1.08. The number of rotatable bonds is 4. The molecule has 3 rings (SSSR count). The average molecular weight is 388 g/mol. The van der Waals surface area contributed by atoms with Gasteiger partial charge in [-0.3, -0.25) is 0 Å². The van der Waals surface area contributed by atoms with Crippen LogP contribution in [0.5, 0.6) is 0 Å². The summed E-state index contributed by atoms with van der Waals surface area (Å²) in [4.78, 5) is 12.0. The normalized spacial score (nSPS) is 41.7. The topological polar surface area (TPSA) is 155 Å². The molecule has 0 amide bonds. The molecule has 0 unspecified atom stereocenters. The fourth-order valence-corrected chi connectivity index (χ4v) is 3.64. The van der Waals surface area contributed by atoms with Gasteiger partial charge in [-0.25, -0.2) is 4.79 Å². The molecule has 0 bridgehead atoms. The molecule has 0 spiro atoms. The molecule has 0 saturated carbocycles. The first-order chi connectivity index (χ1) is 12.8. The van der Waals surface area contributed by atoms with Crippen molar-refractivity contribution in [2.45, 2.75) is 56.4 Å². The van der Waals surface area contributed by atoms with E-state index >= 15 is 0 Å². The first-order valence-corrected chi connectivity index (χ1v) is 8.58. The fraction of sp³-hybridized carbons (Fsp3) is 0.706. The molecule has 1 aliphatic carbocycles. The highest BCUT2D eigenvalue weighted by Gasteiger charge is 2.48. The molecule has 0 aromatic carbocycles. The van der Waals surface area contributed by atoms with Gasteiger partial charge in [-0.15, -0.1) is 0 Å². The van der Waals surface area contributed by atoms with Crippen LogP contribution >= 0.6 is 0 Å². The van der Waals surface area contributed by atoms with Gasteiger partial charge < -0.3 is 44.5 Å². The Morgan fingerprint density at radius 2 is 1.93 bits per heavy atom. The molecule has 0 aromatic heterocycles. The molecule has 2 aliphatic heterocycles. The predicted molar refractivity (Wildman–Crippen MR) is 86.6 cm³/mol. The molecule has 152 valence electrons. The molecule has 5 N–H and O–H groups in total. The summed E-state index contributed by atoms with van der Waals surface area (Å²) in [6.07, 6.45) is -7.70. The monoisotopic (exact) mass is 388 g/mol. The van der Waals surface area contributed by atoms with Crippen molar-refractivity contribution >= 4 is 5.97 Å². The number of carbonyl (C=O) groups excluding carboxylic acids is 1. The second-order valence-electron chi connectivity index (χ2n) is 6.81. The van der Waals surface area contributed by atoms with Crippen molar-refractivity contribution in [3.05, 3.63) is 23.0 Å². The summed E-state index contributed by atoms with van der Waals surface area (Å²) < 4.78 is 21.2. The minimum atomic E-state index is -1.59. The first-order valence-electron chi connectivity index (χ1n) is 8.58. The van der Waals surface area contributed by atoms with Crippen molar-refractivity contribution in [2.24, 2.45) is 5.92 Å². The Morgan fingerprint density at radius 1 is 1.22 bits per heavy atom. The van der Waals surface area contributed by atoms with Gasteiger partial charge in [0.05, 0.1) is 31.7 Å². The number of fused-ring (bicyclic) bond motifs is 1. The van der Waals surface area contributed by atoms with Crippen molar-refractivity contribution in [1.82, 2.24) is 0 Å². The average Bonchev–Trinajstić information content (AvgIpc) is 2.96. The van der Waals surface area contributed by atoms with Crippen LogP contribution in [0.1, 0.15) is 13.3 Å². The van der Waals surface area contributed by atoms with Crippen LogP contribution in [-0.2, 0) is 23.7 Å². The summed E-state index contributed by atoms with van der Waals surface area (Å²) in [5.41, 5.74) is 1.29. The Balaban J connectivity index is 1.84. The number of methoxy groups -OCH3 is 1. The fourth-order valence-electron chi connectivity index (χ4n) is 3.64. The maximum atomic E-state index is 12.0. The van der Waals surface area contributed by atoms with E-state index in [0.717, 1.165) is 0 Å². The second kappa shape index (κ2) is 7.84. The number of carbonyl (C=O) groups is 1. The van der Waals surface area contributed by atoms with Gasteiger partial charge in [0.1, 0.15) is 24.4 Å². The van der Waals surface area contributed by atoms with Gasteiger partial charge in [0.15, 0.2) is 6.29 Å². The van der Waals surface area contributed by atoms with Crippen LogP contribution < -0.4 is 0 Å². The summed E-state index contributed by atoms with van der Waals surface area (Å²) in [5, 5.41) is 49.3. The van der Waals surface area contributed by atoms with Crippen LogP contribution in [-0.4, -0.2) is 88.3 Å². The highest BCUT2D eigenvalue weighted by atomic mass is 16.8. The first kappa shape index (κ1) is 20.2. The van der Waals surface area contributed by atoms with Gasteiger partial charge >= 0.3 is 5.97 Å². The van der Waals surface area contributed by atoms with Crippen molar-refractivity contribution < 1.29 is 49.3 Å². The van der Waals surface area contributed by atoms with Crippen LogP contribution in [0.15, 0.2) is 23.0 Å². The third kappa shape index (κ3) is 3.49. The Kier molecular flexibility index (Phi) is 5.87. The third-order valence-corrected chi connectivity index (χ3v) is 5.26. The zero-order chi connectivity index (χ0) is 19.9. The molecule has 8 atom stereocenters. The maximum absolute atomic E-state index is 12.0. The molecule has 10 heteroatoms. The van der Waals surface area contributed by atoms with Gasteiger partial charge in [0.25, 0.3) is 0 Å². The van der Waals surface area contributed by atoms with Crippen LogP contribution in [0.4, 0.5) is 0 Å². The van der Waals surface area contributed by atoms with Gasteiger partial charge in [-0.2, -0.15) is 0 Å². The van der Waals surface area contributed by atoms with E-state index in [4.69, 9.17) is 18.9 Å². The molecule has 0 aromatic rings. The van der Waals surface area contributed by atoms with Crippen LogP contribution in [0, 0.1) is 5.92 Å². The molecule has 10 nitrogen and oxygen atoms in total. The van der Waals surface area contributed by atoms with Crippen LogP contribution in [0.25, 0.3) is 0 Å². The Bertz CT molecular complexity index is 642. The number of aliphatic hydroxyl groups is 5. The minimum Gasteiger partial charge on any atom is -0.468 e. The number of aliphatic hydroxyl groups excluding tert-OH is 5. The van der Waals surface area contributed by atoms with Gasteiger partial charge in [0.2, 0.25) is 6.29 Å².